The van der Waals surface area contributed by atoms with E-state index < -0.39 is 0 Å². The third-order valence-electron chi connectivity index (χ3n) is 4.81. The predicted octanol–water partition coefficient (Wildman–Crippen LogP) is 0.329. The van der Waals surface area contributed by atoms with Crippen molar-refractivity contribution in [2.24, 2.45) is 11.3 Å². The number of nitrogens with zero attached hydrogens (tertiary/aromatic N) is 2. The van der Waals surface area contributed by atoms with Gasteiger partial charge in [0.05, 0.1) is 12.0 Å². The second-order valence-electron chi connectivity index (χ2n) is 6.74. The number of piperazine rings is 1. The maximum atomic E-state index is 13.0. The number of hydrogen-bond donors (Lipinski definition) is 1. The molecular formula is C16H29N3O3. The van der Waals surface area contributed by atoms with Gasteiger partial charge < -0.3 is 19.9 Å². The normalized spacial score (nSPS) is 22.0. The van der Waals surface area contributed by atoms with Gasteiger partial charge in [0.1, 0.15) is 0 Å². The van der Waals surface area contributed by atoms with Crippen LogP contribution in [-0.4, -0.2) is 74.6 Å². The van der Waals surface area contributed by atoms with Crippen molar-refractivity contribution in [1.29, 1.82) is 0 Å². The number of piperidine rings is 1. The van der Waals surface area contributed by atoms with E-state index in [1.54, 1.807) is 7.11 Å². The highest BCUT2D eigenvalue weighted by atomic mass is 16.5. The summed E-state index contributed by atoms with van der Waals surface area (Å²) in [5.74, 6) is 0.402. The highest BCUT2D eigenvalue weighted by Gasteiger charge is 2.43. The van der Waals surface area contributed by atoms with Crippen LogP contribution in [-0.2, 0) is 14.3 Å². The summed E-state index contributed by atoms with van der Waals surface area (Å²) in [6.07, 6.45) is 1.65. The molecule has 126 valence electrons. The topological polar surface area (TPSA) is 61.9 Å². The summed E-state index contributed by atoms with van der Waals surface area (Å²) >= 11 is 0. The van der Waals surface area contributed by atoms with Crippen LogP contribution in [0.2, 0.25) is 0 Å². The van der Waals surface area contributed by atoms with Crippen molar-refractivity contribution in [3.63, 3.8) is 0 Å². The van der Waals surface area contributed by atoms with Crippen LogP contribution in [0.3, 0.4) is 0 Å². The molecule has 6 heteroatoms. The van der Waals surface area contributed by atoms with Crippen LogP contribution in [0.4, 0.5) is 0 Å². The van der Waals surface area contributed by atoms with Gasteiger partial charge in [0.15, 0.2) is 0 Å². The lowest BCUT2D eigenvalue weighted by Gasteiger charge is -2.43. The average molecular weight is 311 g/mol. The van der Waals surface area contributed by atoms with Gasteiger partial charge in [-0.1, -0.05) is 13.8 Å². The lowest BCUT2D eigenvalue weighted by atomic mass is 9.78. The molecule has 2 fully saturated rings. The molecule has 2 rings (SSSR count). The van der Waals surface area contributed by atoms with E-state index in [2.05, 4.69) is 5.32 Å². The first-order valence-electron chi connectivity index (χ1n) is 8.28. The van der Waals surface area contributed by atoms with Crippen molar-refractivity contribution in [3.8, 4) is 0 Å². The summed E-state index contributed by atoms with van der Waals surface area (Å²) in [4.78, 5) is 28.8. The molecule has 2 aliphatic rings. The molecule has 2 saturated heterocycles. The van der Waals surface area contributed by atoms with Gasteiger partial charge in [-0.25, -0.2) is 0 Å². The summed E-state index contributed by atoms with van der Waals surface area (Å²) in [5.41, 5.74) is -0.385. The van der Waals surface area contributed by atoms with E-state index in [0.717, 1.165) is 25.9 Å². The fraction of sp³-hybridized carbons (Fsp3) is 0.875. The van der Waals surface area contributed by atoms with Crippen molar-refractivity contribution in [2.45, 2.75) is 26.7 Å². The zero-order chi connectivity index (χ0) is 16.2. The minimum absolute atomic E-state index is 0.0199. The van der Waals surface area contributed by atoms with Gasteiger partial charge in [0.2, 0.25) is 11.8 Å². The van der Waals surface area contributed by atoms with Crippen LogP contribution in [0.25, 0.3) is 0 Å². The molecule has 2 aliphatic heterocycles. The van der Waals surface area contributed by atoms with Crippen LogP contribution in [0.1, 0.15) is 26.7 Å². The monoisotopic (exact) mass is 311 g/mol. The Kier molecular flexibility index (Phi) is 5.81. The molecule has 2 heterocycles. The summed E-state index contributed by atoms with van der Waals surface area (Å²) in [6.45, 7) is 8.60. The number of hydrogen-bond acceptors (Lipinski definition) is 4. The molecule has 0 unspecified atom stereocenters. The van der Waals surface area contributed by atoms with E-state index in [1.165, 1.54) is 0 Å². The van der Waals surface area contributed by atoms with E-state index in [-0.39, 0.29) is 23.1 Å². The van der Waals surface area contributed by atoms with E-state index in [0.29, 0.717) is 32.8 Å². The Bertz CT molecular complexity index is 392. The highest BCUT2D eigenvalue weighted by Crippen LogP contribution is 2.32. The lowest BCUT2D eigenvalue weighted by molar-refractivity contribution is -0.152. The number of ether oxygens (including phenoxy) is 1. The van der Waals surface area contributed by atoms with E-state index >= 15 is 0 Å². The van der Waals surface area contributed by atoms with Gasteiger partial charge >= 0.3 is 0 Å². The third kappa shape index (κ3) is 3.60. The smallest absolute Gasteiger partial charge is 0.231 e. The van der Waals surface area contributed by atoms with E-state index in [9.17, 15) is 9.59 Å². The number of amides is 2. The number of carbonyl (C=O) groups is 2. The van der Waals surface area contributed by atoms with E-state index in [1.807, 2.05) is 23.6 Å². The van der Waals surface area contributed by atoms with Gasteiger partial charge in [-0.2, -0.15) is 0 Å². The standard InChI is InChI=1S/C16H29N3O3/c1-13(2)14(20)18-8-10-19(11-9-18)15(21)16(12-22-3)4-6-17-7-5-16/h13,17H,4-12H2,1-3H3. The summed E-state index contributed by atoms with van der Waals surface area (Å²) in [7, 11) is 1.66. The Morgan fingerprint density at radius 2 is 1.64 bits per heavy atom. The van der Waals surface area contributed by atoms with Crippen LogP contribution in [0.5, 0.6) is 0 Å². The maximum absolute atomic E-state index is 13.0. The minimum Gasteiger partial charge on any atom is -0.384 e. The molecule has 0 radical (unpaired) electrons. The summed E-state index contributed by atoms with van der Waals surface area (Å²) in [5, 5.41) is 3.31. The van der Waals surface area contributed by atoms with Crippen molar-refractivity contribution in [3.05, 3.63) is 0 Å². The van der Waals surface area contributed by atoms with Crippen LogP contribution < -0.4 is 5.32 Å². The second kappa shape index (κ2) is 7.42. The largest absolute Gasteiger partial charge is 0.384 e. The van der Waals surface area contributed by atoms with Gasteiger partial charge in [-0.15, -0.1) is 0 Å². The first-order chi connectivity index (χ1) is 10.5. The van der Waals surface area contributed by atoms with Crippen LogP contribution >= 0.6 is 0 Å². The van der Waals surface area contributed by atoms with E-state index in [4.69, 9.17) is 4.74 Å². The number of nitrogens with one attached hydrogen (secondary N) is 1. The minimum atomic E-state index is -0.385. The molecule has 0 bridgehead atoms. The Balaban J connectivity index is 1.97. The molecule has 2 amide bonds. The Labute approximate surface area is 133 Å². The highest BCUT2D eigenvalue weighted by molar-refractivity contribution is 5.84. The number of rotatable bonds is 4. The molecule has 6 nitrogen and oxygen atoms in total. The fourth-order valence-electron chi connectivity index (χ4n) is 3.43. The van der Waals surface area contributed by atoms with Crippen LogP contribution in [0.15, 0.2) is 0 Å². The van der Waals surface area contributed by atoms with Crippen molar-refractivity contribution in [1.82, 2.24) is 15.1 Å². The zero-order valence-corrected chi connectivity index (χ0v) is 14.1. The zero-order valence-electron chi connectivity index (χ0n) is 14.1. The third-order valence-corrected chi connectivity index (χ3v) is 4.81. The molecule has 0 atom stereocenters. The molecule has 22 heavy (non-hydrogen) atoms. The molecule has 0 saturated carbocycles. The SMILES string of the molecule is COCC1(C(=O)N2CCN(C(=O)C(C)C)CC2)CCNCC1. The molecule has 0 aromatic rings. The molecule has 1 N–H and O–H groups in total. The molecular weight excluding hydrogens is 282 g/mol. The van der Waals surface area contributed by atoms with Crippen molar-refractivity contribution >= 4 is 11.8 Å². The summed E-state index contributed by atoms with van der Waals surface area (Å²) in [6, 6.07) is 0. The van der Waals surface area contributed by atoms with Gasteiger partial charge in [0, 0.05) is 39.2 Å². The lowest BCUT2D eigenvalue weighted by Crippen LogP contribution is -2.57. The average Bonchev–Trinajstić information content (AvgIpc) is 2.54. The quantitative estimate of drug-likeness (QED) is 0.813. The first kappa shape index (κ1) is 17.2. The van der Waals surface area contributed by atoms with Gasteiger partial charge in [-0.3, -0.25) is 9.59 Å². The number of methoxy groups -OCH3 is 1. The summed E-state index contributed by atoms with van der Waals surface area (Å²) < 4.78 is 5.35. The Morgan fingerprint density at radius 1 is 1.09 bits per heavy atom. The second-order valence-corrected chi connectivity index (χ2v) is 6.74. The van der Waals surface area contributed by atoms with Crippen molar-refractivity contribution < 1.29 is 14.3 Å². The molecule has 0 aromatic heterocycles. The first-order valence-corrected chi connectivity index (χ1v) is 8.28. The Hall–Kier alpha value is -1.14. The Morgan fingerprint density at radius 3 is 2.14 bits per heavy atom. The maximum Gasteiger partial charge on any atom is 0.231 e. The predicted molar refractivity (Wildman–Crippen MR) is 84.4 cm³/mol. The molecule has 0 aliphatic carbocycles. The molecule has 0 spiro atoms. The van der Waals surface area contributed by atoms with Gasteiger partial charge in [-0.05, 0) is 25.9 Å². The fourth-order valence-corrected chi connectivity index (χ4v) is 3.43. The van der Waals surface area contributed by atoms with Gasteiger partial charge in [0.25, 0.3) is 0 Å². The van der Waals surface area contributed by atoms with Crippen LogP contribution in [0, 0.1) is 11.3 Å². The molecule has 0 aromatic carbocycles. The van der Waals surface area contributed by atoms with Crippen molar-refractivity contribution in [2.75, 3.05) is 53.0 Å². The number of carbonyl (C=O) groups excluding carboxylic acids is 2.